The van der Waals surface area contributed by atoms with Crippen LogP contribution in [0.1, 0.15) is 18.9 Å². The van der Waals surface area contributed by atoms with Crippen LogP contribution in [-0.2, 0) is 4.74 Å². The van der Waals surface area contributed by atoms with Gasteiger partial charge < -0.3 is 9.30 Å². The first-order valence-corrected chi connectivity index (χ1v) is 8.00. The van der Waals surface area contributed by atoms with Crippen molar-refractivity contribution in [2.24, 2.45) is 0 Å². The predicted molar refractivity (Wildman–Crippen MR) is 97.3 cm³/mol. The molecule has 3 rings (SSSR count). The molecule has 0 N–H and O–H groups in total. The van der Waals surface area contributed by atoms with Gasteiger partial charge >= 0.3 is 0 Å². The summed E-state index contributed by atoms with van der Waals surface area (Å²) in [5, 5.41) is 9.05. The van der Waals surface area contributed by atoms with Gasteiger partial charge in [0.15, 0.2) is 0 Å². The Balaban J connectivity index is 1.80. The lowest BCUT2D eigenvalue weighted by molar-refractivity contribution is 0.133. The van der Waals surface area contributed by atoms with E-state index in [0.29, 0.717) is 12.2 Å². The number of rotatable bonds is 3. The Labute approximate surface area is 147 Å². The second-order valence-electron chi connectivity index (χ2n) is 5.79. The summed E-state index contributed by atoms with van der Waals surface area (Å²) in [6.07, 6.45) is 10.1. The minimum Gasteiger partial charge on any atom is -0.490 e. The summed E-state index contributed by atoms with van der Waals surface area (Å²) in [6, 6.07) is 14.1. The van der Waals surface area contributed by atoms with Gasteiger partial charge in [-0.05, 0) is 54.5 Å². The number of allylic oxidation sites excluding steroid dienone is 3. The molecule has 0 saturated carbocycles. The summed E-state index contributed by atoms with van der Waals surface area (Å²) in [5.74, 6) is 0.666. The smallest absolute Gasteiger partial charge is 0.265 e. The summed E-state index contributed by atoms with van der Waals surface area (Å²) < 4.78 is 7.83. The molecule has 0 bridgehead atoms. The average Bonchev–Trinajstić information content (AvgIpc) is 3.16. The second kappa shape index (κ2) is 7.38. The molecule has 1 aliphatic heterocycles. The molecule has 0 radical (unpaired) electrons. The van der Waals surface area contributed by atoms with Crippen molar-refractivity contribution >= 4 is 6.08 Å². The largest absolute Gasteiger partial charge is 0.490 e. The van der Waals surface area contributed by atoms with Gasteiger partial charge in [-0.1, -0.05) is 18.2 Å². The van der Waals surface area contributed by atoms with Crippen molar-refractivity contribution in [2.75, 3.05) is 0 Å². The molecule has 1 aromatic carbocycles. The van der Waals surface area contributed by atoms with E-state index in [2.05, 4.69) is 17.0 Å². The molecule has 1 aliphatic rings. The number of nitriles is 1. The lowest BCUT2D eigenvalue weighted by Gasteiger charge is -2.22. The SMILES string of the molecule is [C-]#[N+]C(C#N)=C1C=C(C=Cc2ccc(-n3cccc3)cc2)OC(C)C1. The predicted octanol–water partition coefficient (Wildman–Crippen LogP) is 4.88. The molecule has 4 nitrogen and oxygen atoms in total. The van der Waals surface area contributed by atoms with E-state index in [4.69, 9.17) is 16.6 Å². The van der Waals surface area contributed by atoms with Gasteiger partial charge in [-0.25, -0.2) is 10.1 Å². The van der Waals surface area contributed by atoms with E-state index >= 15 is 0 Å². The van der Waals surface area contributed by atoms with E-state index in [0.717, 1.165) is 16.8 Å². The Morgan fingerprint density at radius 2 is 2.00 bits per heavy atom. The maximum Gasteiger partial charge on any atom is 0.265 e. The topological polar surface area (TPSA) is 42.3 Å². The molecule has 0 fully saturated rings. The van der Waals surface area contributed by atoms with Crippen LogP contribution in [0.25, 0.3) is 16.6 Å². The summed E-state index contributed by atoms with van der Waals surface area (Å²) in [6.45, 7) is 9.03. The highest BCUT2D eigenvalue weighted by Crippen LogP contribution is 2.25. The third-order valence-electron chi connectivity index (χ3n) is 3.92. The normalized spacial score (nSPS) is 18.8. The zero-order chi connectivity index (χ0) is 17.6. The van der Waals surface area contributed by atoms with E-state index in [1.807, 2.05) is 66.4 Å². The Morgan fingerprint density at radius 1 is 1.28 bits per heavy atom. The fourth-order valence-electron chi connectivity index (χ4n) is 2.71. The molecule has 0 aliphatic carbocycles. The fourth-order valence-corrected chi connectivity index (χ4v) is 2.71. The van der Waals surface area contributed by atoms with E-state index in [1.165, 1.54) is 0 Å². The molecule has 2 heterocycles. The van der Waals surface area contributed by atoms with Crippen LogP contribution in [0.5, 0.6) is 0 Å². The average molecular weight is 327 g/mol. The molecule has 0 saturated heterocycles. The van der Waals surface area contributed by atoms with Crippen LogP contribution in [-0.4, -0.2) is 10.7 Å². The Bertz CT molecular complexity index is 901. The molecular weight excluding hydrogens is 310 g/mol. The summed E-state index contributed by atoms with van der Waals surface area (Å²) in [7, 11) is 0. The van der Waals surface area contributed by atoms with Gasteiger partial charge in [-0.2, -0.15) is 0 Å². The number of hydrogen-bond acceptors (Lipinski definition) is 2. The van der Waals surface area contributed by atoms with Gasteiger partial charge in [0.1, 0.15) is 5.76 Å². The van der Waals surface area contributed by atoms with Crippen LogP contribution in [0.15, 0.2) is 78.0 Å². The van der Waals surface area contributed by atoms with Gasteiger partial charge in [0.25, 0.3) is 5.70 Å². The standard InChI is InChI=1S/C21H17N3O/c1-16-13-18(21(15-22)23-2)14-20(25-16)10-7-17-5-8-19(9-6-17)24-11-3-4-12-24/h3-12,14,16H,13H2,1H3. The highest BCUT2D eigenvalue weighted by Gasteiger charge is 2.17. The maximum atomic E-state index is 9.05. The van der Waals surface area contributed by atoms with Crippen molar-refractivity contribution in [3.8, 4) is 11.8 Å². The maximum absolute atomic E-state index is 9.05. The summed E-state index contributed by atoms with van der Waals surface area (Å²) >= 11 is 0. The van der Waals surface area contributed by atoms with Gasteiger partial charge in [0, 0.05) is 24.5 Å². The molecular formula is C21H17N3O. The van der Waals surface area contributed by atoms with Crippen molar-refractivity contribution < 1.29 is 4.74 Å². The summed E-state index contributed by atoms with van der Waals surface area (Å²) in [4.78, 5) is 3.29. The van der Waals surface area contributed by atoms with E-state index in [9.17, 15) is 0 Å². The third-order valence-corrected chi connectivity index (χ3v) is 3.92. The van der Waals surface area contributed by atoms with E-state index in [1.54, 1.807) is 6.08 Å². The van der Waals surface area contributed by atoms with Crippen molar-refractivity contribution in [2.45, 2.75) is 19.4 Å². The molecule has 1 atom stereocenters. The molecule has 0 amide bonds. The van der Waals surface area contributed by atoms with Crippen LogP contribution in [0.4, 0.5) is 0 Å². The highest BCUT2D eigenvalue weighted by atomic mass is 16.5. The van der Waals surface area contributed by atoms with E-state index < -0.39 is 0 Å². The summed E-state index contributed by atoms with van der Waals surface area (Å²) in [5.41, 5.74) is 3.02. The van der Waals surface area contributed by atoms with Crippen molar-refractivity contribution in [1.29, 1.82) is 5.26 Å². The fraction of sp³-hybridized carbons (Fsp3) is 0.143. The first kappa shape index (κ1) is 16.4. The molecule has 1 aromatic heterocycles. The van der Waals surface area contributed by atoms with Gasteiger partial charge in [-0.15, -0.1) is 0 Å². The third kappa shape index (κ3) is 3.88. The van der Waals surface area contributed by atoms with Crippen LogP contribution in [0.2, 0.25) is 0 Å². The first-order valence-electron chi connectivity index (χ1n) is 8.00. The minimum absolute atomic E-state index is 0.0548. The zero-order valence-electron chi connectivity index (χ0n) is 13.9. The Kier molecular flexibility index (Phi) is 4.83. The highest BCUT2D eigenvalue weighted by molar-refractivity contribution is 5.55. The monoisotopic (exact) mass is 327 g/mol. The Morgan fingerprint density at radius 3 is 2.64 bits per heavy atom. The Hall–Kier alpha value is -3.50. The van der Waals surface area contributed by atoms with Crippen LogP contribution < -0.4 is 0 Å². The zero-order valence-corrected chi connectivity index (χ0v) is 13.9. The lowest BCUT2D eigenvalue weighted by Crippen LogP contribution is -2.13. The minimum atomic E-state index is -0.0548. The van der Waals surface area contributed by atoms with Crippen LogP contribution >= 0.6 is 0 Å². The molecule has 2 aromatic rings. The molecule has 0 spiro atoms. The van der Waals surface area contributed by atoms with Crippen molar-refractivity contribution in [1.82, 2.24) is 4.57 Å². The number of nitrogens with zero attached hydrogens (tertiary/aromatic N) is 3. The lowest BCUT2D eigenvalue weighted by atomic mass is 10.0. The number of benzene rings is 1. The van der Waals surface area contributed by atoms with Crippen molar-refractivity contribution in [3.05, 3.63) is 95.0 Å². The molecule has 1 unspecified atom stereocenters. The van der Waals surface area contributed by atoms with Gasteiger partial charge in [0.05, 0.1) is 18.7 Å². The second-order valence-corrected chi connectivity index (χ2v) is 5.79. The molecule has 25 heavy (non-hydrogen) atoms. The number of ether oxygens (including phenoxy) is 1. The van der Waals surface area contributed by atoms with Gasteiger partial charge in [0.2, 0.25) is 0 Å². The van der Waals surface area contributed by atoms with E-state index in [-0.39, 0.29) is 11.8 Å². The number of aromatic nitrogens is 1. The molecule has 122 valence electrons. The molecule has 4 heteroatoms. The number of hydrogen-bond donors (Lipinski definition) is 0. The van der Waals surface area contributed by atoms with Crippen molar-refractivity contribution in [3.63, 3.8) is 0 Å². The quantitative estimate of drug-likeness (QED) is 0.595. The first-order chi connectivity index (χ1) is 12.2. The van der Waals surface area contributed by atoms with Crippen LogP contribution in [0, 0.1) is 17.9 Å². The van der Waals surface area contributed by atoms with Crippen LogP contribution in [0.3, 0.4) is 0 Å². The van der Waals surface area contributed by atoms with Gasteiger partial charge in [-0.3, -0.25) is 0 Å².